The molecule has 1 aliphatic carbocycles. The fourth-order valence-corrected chi connectivity index (χ4v) is 3.56. The predicted octanol–water partition coefficient (Wildman–Crippen LogP) is 5.05. The molecular weight excluding hydrogens is 346 g/mol. The maximum atomic E-state index is 5.30. The topological polar surface area (TPSA) is 78.8 Å². The zero-order valence-corrected chi connectivity index (χ0v) is 17.4. The van der Waals surface area contributed by atoms with E-state index in [1.807, 2.05) is 0 Å². The molecule has 2 heterocycles. The SMILES string of the molecule is CC(C)(C)NSNC1CCC(c2cc(-c3ncco3)n[nH]2)CC1.CCC. The molecule has 2 aromatic rings. The van der Waals surface area contributed by atoms with Crippen molar-refractivity contribution in [3.63, 3.8) is 0 Å². The first-order chi connectivity index (χ1) is 12.4. The summed E-state index contributed by atoms with van der Waals surface area (Å²) in [5.41, 5.74) is 2.11. The van der Waals surface area contributed by atoms with Gasteiger partial charge in [-0.2, -0.15) is 5.10 Å². The Hall–Kier alpha value is -1.31. The minimum atomic E-state index is 0.126. The Morgan fingerprint density at radius 1 is 1.23 bits per heavy atom. The second-order valence-electron chi connectivity index (χ2n) is 7.87. The van der Waals surface area contributed by atoms with Crippen LogP contribution in [0.15, 0.2) is 22.9 Å². The van der Waals surface area contributed by atoms with E-state index in [1.54, 1.807) is 24.6 Å². The van der Waals surface area contributed by atoms with Crippen molar-refractivity contribution in [2.45, 2.75) is 84.2 Å². The highest BCUT2D eigenvalue weighted by atomic mass is 32.2. The third-order valence-electron chi connectivity index (χ3n) is 4.00. The summed E-state index contributed by atoms with van der Waals surface area (Å²) in [7, 11) is 0. The van der Waals surface area contributed by atoms with Gasteiger partial charge in [-0.1, -0.05) is 20.3 Å². The van der Waals surface area contributed by atoms with Crippen LogP contribution in [0.2, 0.25) is 0 Å². The molecule has 3 N–H and O–H groups in total. The first-order valence-corrected chi connectivity index (χ1v) is 10.4. The number of nitrogens with one attached hydrogen (secondary N) is 3. The molecule has 1 saturated carbocycles. The molecule has 2 aromatic heterocycles. The number of H-pyrrole nitrogens is 1. The summed E-state index contributed by atoms with van der Waals surface area (Å²) in [6.07, 6.45) is 9.16. The van der Waals surface area contributed by atoms with Crippen LogP contribution in [-0.2, 0) is 0 Å². The lowest BCUT2D eigenvalue weighted by atomic mass is 9.84. The first-order valence-electron chi connectivity index (χ1n) is 9.56. The van der Waals surface area contributed by atoms with E-state index in [9.17, 15) is 0 Å². The highest BCUT2D eigenvalue weighted by Gasteiger charge is 2.24. The van der Waals surface area contributed by atoms with Crippen LogP contribution < -0.4 is 9.44 Å². The molecule has 146 valence electrons. The van der Waals surface area contributed by atoms with E-state index < -0.39 is 0 Å². The van der Waals surface area contributed by atoms with Gasteiger partial charge in [0.05, 0.1) is 6.20 Å². The van der Waals surface area contributed by atoms with Gasteiger partial charge >= 0.3 is 0 Å². The maximum Gasteiger partial charge on any atom is 0.246 e. The number of hydrogen-bond donors (Lipinski definition) is 3. The fraction of sp³-hybridized carbons (Fsp3) is 0.684. The van der Waals surface area contributed by atoms with Crippen LogP contribution >= 0.6 is 12.1 Å². The van der Waals surface area contributed by atoms with Gasteiger partial charge < -0.3 is 4.42 Å². The summed E-state index contributed by atoms with van der Waals surface area (Å²) >= 11 is 1.63. The quantitative estimate of drug-likeness (QED) is 0.631. The number of aromatic nitrogens is 3. The minimum Gasteiger partial charge on any atom is -0.443 e. The average Bonchev–Trinajstić information content (AvgIpc) is 3.27. The Morgan fingerprint density at radius 2 is 1.92 bits per heavy atom. The Morgan fingerprint density at radius 3 is 2.50 bits per heavy atom. The lowest BCUT2D eigenvalue weighted by Gasteiger charge is -2.29. The average molecular weight is 380 g/mol. The van der Waals surface area contributed by atoms with Crippen molar-refractivity contribution >= 4 is 12.1 Å². The van der Waals surface area contributed by atoms with Gasteiger partial charge in [0.15, 0.2) is 0 Å². The zero-order valence-electron chi connectivity index (χ0n) is 16.6. The predicted molar refractivity (Wildman–Crippen MR) is 109 cm³/mol. The lowest BCUT2D eigenvalue weighted by Crippen LogP contribution is -2.36. The summed E-state index contributed by atoms with van der Waals surface area (Å²) in [5, 5.41) is 7.47. The Kier molecular flexibility index (Phi) is 8.18. The van der Waals surface area contributed by atoms with Gasteiger partial charge in [0, 0.05) is 35.3 Å². The van der Waals surface area contributed by atoms with Gasteiger partial charge in [-0.3, -0.25) is 5.10 Å². The fourth-order valence-electron chi connectivity index (χ4n) is 2.79. The van der Waals surface area contributed by atoms with Gasteiger partial charge in [-0.05, 0) is 52.5 Å². The Bertz CT molecular complexity index is 612. The summed E-state index contributed by atoms with van der Waals surface area (Å²) in [6.45, 7) is 10.8. The number of rotatable bonds is 5. The molecule has 0 saturated heterocycles. The van der Waals surface area contributed by atoms with Gasteiger partial charge in [0.1, 0.15) is 12.0 Å². The van der Waals surface area contributed by atoms with Crippen LogP contribution in [0.25, 0.3) is 11.6 Å². The van der Waals surface area contributed by atoms with E-state index in [1.165, 1.54) is 37.8 Å². The number of nitrogens with zero attached hydrogens (tertiary/aromatic N) is 2. The van der Waals surface area contributed by atoms with Gasteiger partial charge in [0.25, 0.3) is 0 Å². The van der Waals surface area contributed by atoms with Crippen molar-refractivity contribution in [3.05, 3.63) is 24.2 Å². The normalized spacial score (nSPS) is 20.5. The number of hydrogen-bond acceptors (Lipinski definition) is 6. The largest absolute Gasteiger partial charge is 0.443 e. The zero-order chi connectivity index (χ0) is 19.0. The van der Waals surface area contributed by atoms with E-state index in [-0.39, 0.29) is 5.54 Å². The molecule has 0 unspecified atom stereocenters. The number of aromatic amines is 1. The third-order valence-corrected chi connectivity index (χ3v) is 5.16. The molecule has 0 spiro atoms. The van der Waals surface area contributed by atoms with Crippen LogP contribution in [0.3, 0.4) is 0 Å². The van der Waals surface area contributed by atoms with Crippen LogP contribution in [0, 0.1) is 0 Å². The van der Waals surface area contributed by atoms with E-state index >= 15 is 0 Å². The van der Waals surface area contributed by atoms with Crippen LogP contribution in [0.4, 0.5) is 0 Å². The molecule has 0 atom stereocenters. The Labute approximate surface area is 161 Å². The first kappa shape index (κ1) is 21.0. The molecule has 0 bridgehead atoms. The van der Waals surface area contributed by atoms with Crippen LogP contribution in [-0.4, -0.2) is 26.8 Å². The Balaban J connectivity index is 0.000000758. The van der Waals surface area contributed by atoms with Gasteiger partial charge in [-0.15, -0.1) is 0 Å². The molecule has 7 heteroatoms. The smallest absolute Gasteiger partial charge is 0.246 e. The molecule has 3 rings (SSSR count). The molecule has 1 fully saturated rings. The molecule has 0 aliphatic heterocycles. The monoisotopic (exact) mass is 379 g/mol. The molecule has 26 heavy (non-hydrogen) atoms. The summed E-state index contributed by atoms with van der Waals surface area (Å²) < 4.78 is 12.2. The van der Waals surface area contributed by atoms with E-state index in [4.69, 9.17) is 4.42 Å². The maximum absolute atomic E-state index is 5.30. The molecular formula is C19H33N5OS. The lowest BCUT2D eigenvalue weighted by molar-refractivity contribution is 0.375. The van der Waals surface area contributed by atoms with E-state index in [0.29, 0.717) is 17.9 Å². The van der Waals surface area contributed by atoms with E-state index in [0.717, 1.165) is 5.69 Å². The second-order valence-corrected chi connectivity index (χ2v) is 8.52. The number of oxazole rings is 1. The molecule has 0 amide bonds. The van der Waals surface area contributed by atoms with Crippen molar-refractivity contribution in [3.8, 4) is 11.6 Å². The standard InChI is InChI=1S/C16H25N5OS.C3H8/c1-16(2,3)21-23-20-12-6-4-11(5-7-12)13-10-14(19-18-13)15-17-8-9-22-15;1-3-2/h8-12,20-21H,4-7H2,1-3H3,(H,18,19);3H2,1-2H3. The second kappa shape index (κ2) is 10.1. The highest BCUT2D eigenvalue weighted by molar-refractivity contribution is 7.95. The van der Waals surface area contributed by atoms with Crippen molar-refractivity contribution < 1.29 is 4.42 Å². The van der Waals surface area contributed by atoms with Crippen molar-refractivity contribution in [1.29, 1.82) is 0 Å². The summed E-state index contributed by atoms with van der Waals surface area (Å²) in [5.74, 6) is 1.12. The summed E-state index contributed by atoms with van der Waals surface area (Å²) in [4.78, 5) is 4.14. The van der Waals surface area contributed by atoms with E-state index in [2.05, 4.69) is 65.3 Å². The molecule has 6 nitrogen and oxygen atoms in total. The van der Waals surface area contributed by atoms with Crippen molar-refractivity contribution in [1.82, 2.24) is 24.6 Å². The van der Waals surface area contributed by atoms with Crippen LogP contribution in [0.1, 0.15) is 78.3 Å². The van der Waals surface area contributed by atoms with Gasteiger partial charge in [0.2, 0.25) is 5.89 Å². The molecule has 1 aliphatic rings. The molecule has 0 aromatic carbocycles. The molecule has 0 radical (unpaired) electrons. The van der Waals surface area contributed by atoms with Gasteiger partial charge in [-0.25, -0.2) is 14.4 Å². The van der Waals surface area contributed by atoms with Crippen molar-refractivity contribution in [2.75, 3.05) is 0 Å². The minimum absolute atomic E-state index is 0.126. The summed E-state index contributed by atoms with van der Waals surface area (Å²) in [6, 6.07) is 2.64. The van der Waals surface area contributed by atoms with Crippen LogP contribution in [0.5, 0.6) is 0 Å². The van der Waals surface area contributed by atoms with Crippen molar-refractivity contribution in [2.24, 2.45) is 0 Å². The highest BCUT2D eigenvalue weighted by Crippen LogP contribution is 2.33. The third kappa shape index (κ3) is 6.78.